The van der Waals surface area contributed by atoms with Gasteiger partial charge in [0, 0.05) is 6.42 Å². The molecule has 0 amide bonds. The summed E-state index contributed by atoms with van der Waals surface area (Å²) in [6.45, 7) is 7.39. The van der Waals surface area contributed by atoms with Gasteiger partial charge in [-0.15, -0.1) is 0 Å². The average molecular weight is 387 g/mol. The van der Waals surface area contributed by atoms with Crippen LogP contribution >= 0.6 is 0 Å². The summed E-state index contributed by atoms with van der Waals surface area (Å²) in [5.41, 5.74) is 0.797. The molecular formula is C24H34O4. The van der Waals surface area contributed by atoms with Crippen molar-refractivity contribution >= 4 is 5.97 Å². The molecule has 0 spiro atoms. The molecule has 0 saturated heterocycles. The normalized spacial score (nSPS) is 20.9. The van der Waals surface area contributed by atoms with Crippen molar-refractivity contribution in [3.63, 3.8) is 0 Å². The Hall–Kier alpha value is -2.07. The van der Waals surface area contributed by atoms with E-state index in [4.69, 9.17) is 9.47 Å². The predicted molar refractivity (Wildman–Crippen MR) is 112 cm³/mol. The van der Waals surface area contributed by atoms with Gasteiger partial charge in [0.05, 0.1) is 18.1 Å². The zero-order valence-electron chi connectivity index (χ0n) is 17.8. The SMILES string of the molecule is COc1cccc(CC/C=C/C(CC2=CCCC2(C)O)OC(=O)C(C)(C)C)c1. The number of ether oxygens (including phenoxy) is 2. The van der Waals surface area contributed by atoms with Gasteiger partial charge in [0.1, 0.15) is 11.9 Å². The smallest absolute Gasteiger partial charge is 0.311 e. The van der Waals surface area contributed by atoms with Crippen LogP contribution in [-0.2, 0) is 16.0 Å². The van der Waals surface area contributed by atoms with Crippen molar-refractivity contribution in [3.8, 4) is 5.75 Å². The molecule has 0 saturated carbocycles. The van der Waals surface area contributed by atoms with Gasteiger partial charge in [-0.3, -0.25) is 4.79 Å². The van der Waals surface area contributed by atoms with E-state index in [0.29, 0.717) is 6.42 Å². The second-order valence-electron chi connectivity index (χ2n) is 8.76. The molecule has 0 fully saturated rings. The Balaban J connectivity index is 2.01. The van der Waals surface area contributed by atoms with Crippen molar-refractivity contribution in [2.75, 3.05) is 7.11 Å². The third kappa shape index (κ3) is 6.52. The maximum absolute atomic E-state index is 12.4. The Kier molecular flexibility index (Phi) is 7.48. The van der Waals surface area contributed by atoms with Crippen molar-refractivity contribution < 1.29 is 19.4 Å². The van der Waals surface area contributed by atoms with Gasteiger partial charge in [-0.25, -0.2) is 0 Å². The lowest BCUT2D eigenvalue weighted by Crippen LogP contribution is -2.30. The predicted octanol–water partition coefficient (Wildman–Crippen LogP) is 5.00. The maximum Gasteiger partial charge on any atom is 0.311 e. The first kappa shape index (κ1) is 22.2. The molecule has 1 N–H and O–H groups in total. The largest absolute Gasteiger partial charge is 0.497 e. The summed E-state index contributed by atoms with van der Waals surface area (Å²) in [5.74, 6) is 0.627. The number of hydrogen-bond acceptors (Lipinski definition) is 4. The van der Waals surface area contributed by atoms with E-state index in [9.17, 15) is 9.90 Å². The molecular weight excluding hydrogens is 352 g/mol. The average Bonchev–Trinajstić information content (AvgIpc) is 2.96. The van der Waals surface area contributed by atoms with Crippen LogP contribution in [0.15, 0.2) is 48.1 Å². The van der Waals surface area contributed by atoms with Crippen LogP contribution in [0.2, 0.25) is 0 Å². The zero-order chi connectivity index (χ0) is 20.8. The third-order valence-electron chi connectivity index (χ3n) is 5.09. The molecule has 1 aromatic carbocycles. The van der Waals surface area contributed by atoms with Crippen molar-refractivity contribution in [2.24, 2.45) is 5.41 Å². The van der Waals surface area contributed by atoms with Crippen LogP contribution in [0.5, 0.6) is 5.75 Å². The standard InChI is InChI=1S/C24H34O4/c1-23(2,3)22(25)28-21(17-19-12-9-15-24(19,4)26)13-7-6-10-18-11-8-14-20(16-18)27-5/h7-8,11-14,16,21,26H,6,9-10,15,17H2,1-5H3/b13-7+. The molecule has 28 heavy (non-hydrogen) atoms. The fourth-order valence-corrected chi connectivity index (χ4v) is 3.22. The number of methoxy groups -OCH3 is 1. The number of carbonyl (C=O) groups excluding carboxylic acids is 1. The summed E-state index contributed by atoms with van der Waals surface area (Å²) < 4.78 is 11.0. The minimum Gasteiger partial charge on any atom is -0.497 e. The summed E-state index contributed by atoms with van der Waals surface area (Å²) in [6.07, 6.45) is 9.56. The number of aliphatic hydroxyl groups is 1. The molecule has 0 aliphatic heterocycles. The van der Waals surface area contributed by atoms with E-state index < -0.39 is 11.0 Å². The highest BCUT2D eigenvalue weighted by molar-refractivity contribution is 5.75. The van der Waals surface area contributed by atoms with Gasteiger partial charge in [0.2, 0.25) is 0 Å². The van der Waals surface area contributed by atoms with Gasteiger partial charge in [-0.1, -0.05) is 24.3 Å². The maximum atomic E-state index is 12.4. The molecule has 1 aliphatic rings. The second-order valence-corrected chi connectivity index (χ2v) is 8.76. The van der Waals surface area contributed by atoms with Crippen LogP contribution in [0.1, 0.15) is 58.9 Å². The monoisotopic (exact) mass is 386 g/mol. The molecule has 2 unspecified atom stereocenters. The minimum absolute atomic E-state index is 0.229. The number of hydrogen-bond donors (Lipinski definition) is 1. The van der Waals surface area contributed by atoms with E-state index >= 15 is 0 Å². The van der Waals surface area contributed by atoms with Crippen molar-refractivity contribution in [2.45, 2.75) is 71.5 Å². The van der Waals surface area contributed by atoms with Crippen molar-refractivity contribution in [1.82, 2.24) is 0 Å². The Morgan fingerprint density at radius 1 is 1.36 bits per heavy atom. The molecule has 0 bridgehead atoms. The van der Waals surface area contributed by atoms with E-state index in [0.717, 1.165) is 37.0 Å². The fraction of sp³-hybridized carbons (Fsp3) is 0.542. The number of rotatable bonds is 8. The number of aryl methyl sites for hydroxylation is 1. The van der Waals surface area contributed by atoms with E-state index in [1.165, 1.54) is 5.56 Å². The van der Waals surface area contributed by atoms with Crippen molar-refractivity contribution in [1.29, 1.82) is 0 Å². The lowest BCUT2D eigenvalue weighted by molar-refractivity contribution is -0.156. The molecule has 1 aromatic rings. The molecule has 4 nitrogen and oxygen atoms in total. The minimum atomic E-state index is -0.805. The molecule has 0 aromatic heterocycles. The first-order valence-corrected chi connectivity index (χ1v) is 10.0. The third-order valence-corrected chi connectivity index (χ3v) is 5.09. The summed E-state index contributed by atoms with van der Waals surface area (Å²) >= 11 is 0. The van der Waals surface area contributed by atoms with Crippen LogP contribution in [0.25, 0.3) is 0 Å². The second kappa shape index (κ2) is 9.42. The highest BCUT2D eigenvalue weighted by Gasteiger charge is 2.32. The van der Waals surface area contributed by atoms with E-state index in [2.05, 4.69) is 18.2 Å². The summed E-state index contributed by atoms with van der Waals surface area (Å²) in [5, 5.41) is 10.5. The van der Waals surface area contributed by atoms with Crippen LogP contribution in [0, 0.1) is 5.41 Å². The van der Waals surface area contributed by atoms with Crippen LogP contribution < -0.4 is 4.74 Å². The quantitative estimate of drug-likeness (QED) is 0.504. The fourth-order valence-electron chi connectivity index (χ4n) is 3.22. The van der Waals surface area contributed by atoms with Crippen LogP contribution in [-0.4, -0.2) is 29.9 Å². The van der Waals surface area contributed by atoms with Crippen LogP contribution in [0.4, 0.5) is 0 Å². The molecule has 154 valence electrons. The molecule has 4 heteroatoms. The molecule has 0 radical (unpaired) electrons. The summed E-state index contributed by atoms with van der Waals surface area (Å²) in [6, 6.07) is 8.03. The Bertz CT molecular complexity index is 722. The topological polar surface area (TPSA) is 55.8 Å². The van der Waals surface area contributed by atoms with Crippen molar-refractivity contribution in [3.05, 3.63) is 53.6 Å². The van der Waals surface area contributed by atoms with Gasteiger partial charge in [-0.2, -0.15) is 0 Å². The molecule has 1 aliphatic carbocycles. The first-order valence-electron chi connectivity index (χ1n) is 10.0. The number of allylic oxidation sites excluding steroid dienone is 2. The van der Waals surface area contributed by atoms with Gasteiger partial charge in [-0.05, 0) is 82.7 Å². The molecule has 2 atom stereocenters. The Morgan fingerprint density at radius 3 is 2.71 bits per heavy atom. The number of carbonyl (C=O) groups is 1. The van der Waals surface area contributed by atoms with E-state index in [1.54, 1.807) is 7.11 Å². The van der Waals surface area contributed by atoms with Crippen LogP contribution in [0.3, 0.4) is 0 Å². The lowest BCUT2D eigenvalue weighted by atomic mass is 9.93. The first-order chi connectivity index (χ1) is 13.1. The Morgan fingerprint density at radius 2 is 2.11 bits per heavy atom. The molecule has 0 heterocycles. The van der Waals surface area contributed by atoms with Gasteiger partial charge >= 0.3 is 5.97 Å². The highest BCUT2D eigenvalue weighted by Crippen LogP contribution is 2.34. The van der Waals surface area contributed by atoms with Gasteiger partial charge < -0.3 is 14.6 Å². The van der Waals surface area contributed by atoms with E-state index in [1.807, 2.05) is 52.0 Å². The zero-order valence-corrected chi connectivity index (χ0v) is 17.8. The number of benzene rings is 1. The number of esters is 1. The molecule has 2 rings (SSSR count). The highest BCUT2D eigenvalue weighted by atomic mass is 16.5. The lowest BCUT2D eigenvalue weighted by Gasteiger charge is -2.26. The van der Waals surface area contributed by atoms with Gasteiger partial charge in [0.25, 0.3) is 0 Å². The summed E-state index contributed by atoms with van der Waals surface area (Å²) in [4.78, 5) is 12.4. The van der Waals surface area contributed by atoms with E-state index in [-0.39, 0.29) is 12.1 Å². The summed E-state index contributed by atoms with van der Waals surface area (Å²) in [7, 11) is 1.67. The Labute approximate surface area is 169 Å². The van der Waals surface area contributed by atoms with Gasteiger partial charge in [0.15, 0.2) is 0 Å².